The van der Waals surface area contributed by atoms with E-state index >= 15 is 0 Å². The SMILES string of the molecule is CCc1cc2c(nc1N1CCC(Oc3ccccc3)CC1)CNC2=O. The van der Waals surface area contributed by atoms with Crippen molar-refractivity contribution in [3.63, 3.8) is 0 Å². The molecule has 1 amide bonds. The number of nitrogens with zero attached hydrogens (tertiary/aromatic N) is 2. The van der Waals surface area contributed by atoms with Crippen molar-refractivity contribution in [3.05, 3.63) is 53.2 Å². The molecule has 0 radical (unpaired) electrons. The number of hydrogen-bond donors (Lipinski definition) is 1. The van der Waals surface area contributed by atoms with Crippen LogP contribution in [0.25, 0.3) is 0 Å². The molecule has 1 aromatic carbocycles. The highest BCUT2D eigenvalue weighted by Gasteiger charge is 2.27. The molecule has 130 valence electrons. The molecule has 1 saturated heterocycles. The maximum Gasteiger partial charge on any atom is 0.253 e. The highest BCUT2D eigenvalue weighted by molar-refractivity contribution is 5.98. The number of amides is 1. The molecule has 2 aromatic rings. The Labute approximate surface area is 148 Å². The lowest BCUT2D eigenvalue weighted by atomic mass is 10.0. The molecule has 0 aliphatic carbocycles. The van der Waals surface area contributed by atoms with E-state index in [1.807, 2.05) is 36.4 Å². The van der Waals surface area contributed by atoms with E-state index in [2.05, 4.69) is 17.1 Å². The maximum atomic E-state index is 11.9. The number of fused-ring (bicyclic) bond motifs is 1. The third-order valence-corrected chi connectivity index (χ3v) is 4.99. The van der Waals surface area contributed by atoms with Crippen LogP contribution in [0, 0.1) is 0 Å². The van der Waals surface area contributed by atoms with Crippen molar-refractivity contribution in [1.29, 1.82) is 0 Å². The third kappa shape index (κ3) is 3.18. The van der Waals surface area contributed by atoms with Gasteiger partial charge in [-0.1, -0.05) is 25.1 Å². The van der Waals surface area contributed by atoms with Gasteiger partial charge in [-0.3, -0.25) is 4.79 Å². The molecular weight excluding hydrogens is 314 g/mol. The predicted molar refractivity (Wildman–Crippen MR) is 97.1 cm³/mol. The number of pyridine rings is 1. The number of aromatic nitrogens is 1. The number of hydrogen-bond acceptors (Lipinski definition) is 4. The summed E-state index contributed by atoms with van der Waals surface area (Å²) in [5.41, 5.74) is 2.76. The second-order valence-corrected chi connectivity index (χ2v) is 6.62. The van der Waals surface area contributed by atoms with Gasteiger partial charge in [0.1, 0.15) is 17.7 Å². The molecule has 1 aromatic heterocycles. The van der Waals surface area contributed by atoms with Gasteiger partial charge in [-0.2, -0.15) is 0 Å². The molecule has 2 aliphatic rings. The van der Waals surface area contributed by atoms with Crippen LogP contribution in [0.4, 0.5) is 5.82 Å². The lowest BCUT2D eigenvalue weighted by Gasteiger charge is -2.34. The summed E-state index contributed by atoms with van der Waals surface area (Å²) in [6, 6.07) is 12.0. The summed E-state index contributed by atoms with van der Waals surface area (Å²) >= 11 is 0. The Balaban J connectivity index is 1.46. The van der Waals surface area contributed by atoms with Crippen LogP contribution in [0.1, 0.15) is 41.4 Å². The second-order valence-electron chi connectivity index (χ2n) is 6.62. The number of aryl methyl sites for hydroxylation is 1. The molecular formula is C20H23N3O2. The van der Waals surface area contributed by atoms with Gasteiger partial charge < -0.3 is 15.0 Å². The van der Waals surface area contributed by atoms with Crippen molar-refractivity contribution >= 4 is 11.7 Å². The van der Waals surface area contributed by atoms with Gasteiger partial charge in [-0.25, -0.2) is 4.98 Å². The molecule has 1 N–H and O–H groups in total. The number of piperidine rings is 1. The second kappa shape index (κ2) is 6.75. The number of para-hydroxylation sites is 1. The third-order valence-electron chi connectivity index (χ3n) is 4.99. The predicted octanol–water partition coefficient (Wildman–Crippen LogP) is 2.94. The number of carbonyl (C=O) groups excluding carboxylic acids is 1. The summed E-state index contributed by atoms with van der Waals surface area (Å²) in [5.74, 6) is 1.98. The van der Waals surface area contributed by atoms with Crippen LogP contribution in [-0.4, -0.2) is 30.1 Å². The van der Waals surface area contributed by atoms with Crippen LogP contribution in [0.15, 0.2) is 36.4 Å². The summed E-state index contributed by atoms with van der Waals surface area (Å²) in [7, 11) is 0. The van der Waals surface area contributed by atoms with Crippen molar-refractivity contribution < 1.29 is 9.53 Å². The fourth-order valence-electron chi connectivity index (χ4n) is 3.58. The first kappa shape index (κ1) is 15.9. The van der Waals surface area contributed by atoms with Crippen LogP contribution in [0.2, 0.25) is 0 Å². The highest BCUT2D eigenvalue weighted by atomic mass is 16.5. The minimum atomic E-state index is -0.00119. The van der Waals surface area contributed by atoms with Crippen molar-refractivity contribution in [3.8, 4) is 5.75 Å². The molecule has 25 heavy (non-hydrogen) atoms. The largest absolute Gasteiger partial charge is 0.490 e. The summed E-state index contributed by atoms with van der Waals surface area (Å²) in [5, 5.41) is 2.86. The summed E-state index contributed by atoms with van der Waals surface area (Å²) in [4.78, 5) is 19.0. The van der Waals surface area contributed by atoms with Crippen LogP contribution in [0.5, 0.6) is 5.75 Å². The van der Waals surface area contributed by atoms with Crippen LogP contribution >= 0.6 is 0 Å². The monoisotopic (exact) mass is 337 g/mol. The van der Waals surface area contributed by atoms with Crippen LogP contribution in [0.3, 0.4) is 0 Å². The standard InChI is InChI=1S/C20H23N3O2/c1-2-14-12-17-18(13-21-20(17)24)22-19(14)23-10-8-16(9-11-23)25-15-6-4-3-5-7-15/h3-7,12,16H,2,8-11,13H2,1H3,(H,21,24). The molecule has 2 aliphatic heterocycles. The number of nitrogens with one attached hydrogen (secondary N) is 1. The average Bonchev–Trinajstić information content (AvgIpc) is 3.02. The van der Waals surface area contributed by atoms with E-state index < -0.39 is 0 Å². The Morgan fingerprint density at radius 2 is 2.00 bits per heavy atom. The van der Waals surface area contributed by atoms with E-state index in [9.17, 15) is 4.79 Å². The van der Waals surface area contributed by atoms with Gasteiger partial charge in [0.05, 0.1) is 17.8 Å². The van der Waals surface area contributed by atoms with Gasteiger partial charge in [0.15, 0.2) is 0 Å². The van der Waals surface area contributed by atoms with Gasteiger partial charge in [-0.05, 0) is 30.2 Å². The number of rotatable bonds is 4. The van der Waals surface area contributed by atoms with Gasteiger partial charge in [0.2, 0.25) is 0 Å². The van der Waals surface area contributed by atoms with E-state index in [4.69, 9.17) is 9.72 Å². The molecule has 5 nitrogen and oxygen atoms in total. The fraction of sp³-hybridized carbons (Fsp3) is 0.400. The number of anilines is 1. The molecule has 0 spiro atoms. The molecule has 1 fully saturated rings. The Kier molecular flexibility index (Phi) is 4.30. The van der Waals surface area contributed by atoms with Crippen molar-refractivity contribution in [2.75, 3.05) is 18.0 Å². The first-order valence-corrected chi connectivity index (χ1v) is 9.02. The zero-order valence-electron chi connectivity index (χ0n) is 14.5. The minimum Gasteiger partial charge on any atom is -0.490 e. The first-order chi connectivity index (χ1) is 12.2. The number of benzene rings is 1. The Bertz CT molecular complexity index is 768. The molecule has 0 unspecified atom stereocenters. The molecule has 5 heteroatoms. The van der Waals surface area contributed by atoms with Gasteiger partial charge in [-0.15, -0.1) is 0 Å². The first-order valence-electron chi connectivity index (χ1n) is 9.02. The molecule has 4 rings (SSSR count). The number of ether oxygens (including phenoxy) is 1. The minimum absolute atomic E-state index is 0.00119. The molecule has 0 atom stereocenters. The van der Waals surface area contributed by atoms with E-state index in [1.165, 1.54) is 0 Å². The Morgan fingerprint density at radius 3 is 2.72 bits per heavy atom. The smallest absolute Gasteiger partial charge is 0.253 e. The lowest BCUT2D eigenvalue weighted by Crippen LogP contribution is -2.39. The molecule has 3 heterocycles. The molecule has 0 saturated carbocycles. The number of carbonyl (C=O) groups is 1. The normalized spacial score (nSPS) is 17.3. The topological polar surface area (TPSA) is 54.5 Å². The summed E-state index contributed by atoms with van der Waals surface area (Å²) < 4.78 is 6.08. The average molecular weight is 337 g/mol. The van der Waals surface area contributed by atoms with Crippen LogP contribution in [-0.2, 0) is 13.0 Å². The van der Waals surface area contributed by atoms with Gasteiger partial charge in [0.25, 0.3) is 5.91 Å². The summed E-state index contributed by atoms with van der Waals surface area (Å²) in [6.07, 6.45) is 3.09. The zero-order chi connectivity index (χ0) is 17.2. The van der Waals surface area contributed by atoms with Crippen molar-refractivity contribution in [2.24, 2.45) is 0 Å². The Morgan fingerprint density at radius 1 is 1.24 bits per heavy atom. The fourth-order valence-corrected chi connectivity index (χ4v) is 3.58. The van der Waals surface area contributed by atoms with Crippen molar-refractivity contribution in [1.82, 2.24) is 10.3 Å². The van der Waals surface area contributed by atoms with Gasteiger partial charge >= 0.3 is 0 Å². The van der Waals surface area contributed by atoms with Crippen LogP contribution < -0.4 is 15.0 Å². The van der Waals surface area contributed by atoms with Gasteiger partial charge in [0, 0.05) is 25.9 Å². The van der Waals surface area contributed by atoms with E-state index in [-0.39, 0.29) is 12.0 Å². The maximum absolute atomic E-state index is 11.9. The quantitative estimate of drug-likeness (QED) is 0.932. The zero-order valence-corrected chi connectivity index (χ0v) is 14.5. The van der Waals surface area contributed by atoms with E-state index in [0.29, 0.717) is 6.54 Å². The lowest BCUT2D eigenvalue weighted by molar-refractivity contribution is 0.0965. The summed E-state index contributed by atoms with van der Waals surface area (Å²) in [6.45, 7) is 4.51. The highest BCUT2D eigenvalue weighted by Crippen LogP contribution is 2.28. The van der Waals surface area contributed by atoms with E-state index in [0.717, 1.165) is 60.7 Å². The van der Waals surface area contributed by atoms with Crippen molar-refractivity contribution in [2.45, 2.75) is 38.8 Å². The Hall–Kier alpha value is -2.56. The van der Waals surface area contributed by atoms with E-state index in [1.54, 1.807) is 0 Å². The molecule has 0 bridgehead atoms.